The zero-order chi connectivity index (χ0) is 18.7. The summed E-state index contributed by atoms with van der Waals surface area (Å²) >= 11 is 6.10. The molecule has 0 radical (unpaired) electrons. The lowest BCUT2D eigenvalue weighted by Gasteiger charge is -2.07. The highest BCUT2D eigenvalue weighted by Gasteiger charge is 2.04. The van der Waals surface area contributed by atoms with Gasteiger partial charge in [-0.15, -0.1) is 0 Å². The molecule has 0 spiro atoms. The van der Waals surface area contributed by atoms with Gasteiger partial charge < -0.3 is 20.3 Å². The Morgan fingerprint density at radius 1 is 1.04 bits per heavy atom. The van der Waals surface area contributed by atoms with Crippen molar-refractivity contribution in [2.45, 2.75) is 13.0 Å². The van der Waals surface area contributed by atoms with E-state index in [0.29, 0.717) is 0 Å². The second-order valence-corrected chi connectivity index (χ2v) is 5.38. The maximum absolute atomic E-state index is 9.10. The molecule has 0 unspecified atom stereocenters. The lowest BCUT2D eigenvalue weighted by molar-refractivity contribution is -0.159. The predicted molar refractivity (Wildman–Crippen MR) is 95.1 cm³/mol. The summed E-state index contributed by atoms with van der Waals surface area (Å²) in [6.45, 7) is 1.73. The van der Waals surface area contributed by atoms with Crippen molar-refractivity contribution in [2.24, 2.45) is 0 Å². The molecule has 0 saturated heterocycles. The van der Waals surface area contributed by atoms with Crippen molar-refractivity contribution < 1.29 is 24.5 Å². The topological polar surface area (TPSA) is 95.9 Å². The van der Waals surface area contributed by atoms with E-state index in [2.05, 4.69) is 17.4 Å². The van der Waals surface area contributed by atoms with Gasteiger partial charge in [-0.2, -0.15) is 0 Å². The fourth-order valence-corrected chi connectivity index (χ4v) is 2.09. The van der Waals surface area contributed by atoms with Gasteiger partial charge in [0.05, 0.1) is 7.11 Å². The van der Waals surface area contributed by atoms with Crippen LogP contribution in [0.25, 0.3) is 0 Å². The van der Waals surface area contributed by atoms with E-state index in [1.54, 1.807) is 7.11 Å². The third-order valence-electron chi connectivity index (χ3n) is 3.21. The van der Waals surface area contributed by atoms with Crippen molar-refractivity contribution in [3.63, 3.8) is 0 Å². The number of aliphatic carboxylic acids is 2. The van der Waals surface area contributed by atoms with Gasteiger partial charge in [-0.1, -0.05) is 41.9 Å². The molecular weight excluding hydrogens is 346 g/mol. The largest absolute Gasteiger partial charge is 0.497 e. The molecule has 3 N–H and O–H groups in total. The van der Waals surface area contributed by atoms with Crippen LogP contribution in [-0.2, 0) is 22.6 Å². The number of hydrogen-bond acceptors (Lipinski definition) is 4. The Morgan fingerprint density at radius 2 is 1.64 bits per heavy atom. The average Bonchev–Trinajstić information content (AvgIpc) is 2.61. The maximum atomic E-state index is 9.10. The molecule has 0 saturated carbocycles. The normalized spacial score (nSPS) is 9.68. The maximum Gasteiger partial charge on any atom is 0.414 e. The van der Waals surface area contributed by atoms with Crippen LogP contribution in [-0.4, -0.2) is 35.8 Å². The Hall–Kier alpha value is -2.57. The monoisotopic (exact) mass is 365 g/mol. The zero-order valence-electron chi connectivity index (χ0n) is 13.7. The molecule has 2 aromatic carbocycles. The molecule has 0 heterocycles. The highest BCUT2D eigenvalue weighted by molar-refractivity contribution is 6.31. The first kappa shape index (κ1) is 20.5. The molecule has 0 aliphatic carbocycles. The number of rotatable bonds is 6. The van der Waals surface area contributed by atoms with E-state index in [1.807, 2.05) is 36.4 Å². The molecule has 2 aromatic rings. The minimum absolute atomic E-state index is 0.801. The number of hydrogen-bond donors (Lipinski definition) is 3. The van der Waals surface area contributed by atoms with E-state index in [9.17, 15) is 0 Å². The summed E-state index contributed by atoms with van der Waals surface area (Å²) in [5.41, 5.74) is 2.44. The van der Waals surface area contributed by atoms with Gasteiger partial charge in [-0.3, -0.25) is 0 Å². The number of nitrogens with one attached hydrogen (secondary N) is 1. The quantitative estimate of drug-likeness (QED) is 0.538. The number of methoxy groups -OCH3 is 1. The van der Waals surface area contributed by atoms with E-state index in [-0.39, 0.29) is 0 Å². The first-order valence-electron chi connectivity index (χ1n) is 7.47. The number of ether oxygens (including phenoxy) is 1. The number of carboxylic acids is 2. The molecular formula is C18H20ClNO5. The summed E-state index contributed by atoms with van der Waals surface area (Å²) in [7, 11) is 1.68. The van der Waals surface area contributed by atoms with E-state index in [1.165, 1.54) is 5.56 Å². The molecule has 134 valence electrons. The molecule has 7 heteroatoms. The lowest BCUT2D eigenvalue weighted by Crippen LogP contribution is -2.16. The molecule has 0 atom stereocenters. The molecule has 0 bridgehead atoms. The fourth-order valence-electron chi connectivity index (χ4n) is 1.89. The molecule has 0 aliphatic heterocycles. The third kappa shape index (κ3) is 8.19. The SMILES string of the molecule is COc1ccc(CCNCc2ccccc2Cl)cc1.O=C(O)C(=O)O. The molecule has 0 aromatic heterocycles. The van der Waals surface area contributed by atoms with Gasteiger partial charge in [0.25, 0.3) is 0 Å². The summed E-state index contributed by atoms with van der Waals surface area (Å²) in [6.07, 6.45) is 0.994. The summed E-state index contributed by atoms with van der Waals surface area (Å²) < 4.78 is 5.14. The molecule has 25 heavy (non-hydrogen) atoms. The summed E-state index contributed by atoms with van der Waals surface area (Å²) in [4.78, 5) is 18.2. The summed E-state index contributed by atoms with van der Waals surface area (Å²) in [5.74, 6) is -2.75. The van der Waals surface area contributed by atoms with Gasteiger partial charge >= 0.3 is 11.9 Å². The molecule has 0 aliphatic rings. The summed E-state index contributed by atoms with van der Waals surface area (Å²) in [5, 5.41) is 19.0. The number of carbonyl (C=O) groups is 2. The molecule has 0 fully saturated rings. The van der Waals surface area contributed by atoms with Gasteiger partial charge in [0.1, 0.15) is 5.75 Å². The van der Waals surface area contributed by atoms with Crippen LogP contribution in [0.1, 0.15) is 11.1 Å². The zero-order valence-corrected chi connectivity index (χ0v) is 14.5. The van der Waals surface area contributed by atoms with Crippen molar-refractivity contribution in [2.75, 3.05) is 13.7 Å². The Labute approximate surface area is 151 Å². The minimum atomic E-state index is -1.82. The Balaban J connectivity index is 0.000000450. The molecule has 2 rings (SSSR count). The van der Waals surface area contributed by atoms with E-state index < -0.39 is 11.9 Å². The third-order valence-corrected chi connectivity index (χ3v) is 3.57. The van der Waals surface area contributed by atoms with Gasteiger partial charge in [0, 0.05) is 11.6 Å². The number of benzene rings is 2. The van der Waals surface area contributed by atoms with Crippen molar-refractivity contribution >= 4 is 23.5 Å². The van der Waals surface area contributed by atoms with Crippen LogP contribution in [0.2, 0.25) is 5.02 Å². The lowest BCUT2D eigenvalue weighted by atomic mass is 10.1. The van der Waals surface area contributed by atoms with Crippen molar-refractivity contribution in [3.05, 3.63) is 64.7 Å². The number of halogens is 1. The van der Waals surface area contributed by atoms with Crippen molar-refractivity contribution in [3.8, 4) is 5.75 Å². The van der Waals surface area contributed by atoms with Crippen LogP contribution in [0.3, 0.4) is 0 Å². The summed E-state index contributed by atoms with van der Waals surface area (Å²) in [6, 6.07) is 16.1. The van der Waals surface area contributed by atoms with Crippen molar-refractivity contribution in [1.29, 1.82) is 0 Å². The first-order chi connectivity index (χ1) is 11.9. The van der Waals surface area contributed by atoms with Crippen molar-refractivity contribution in [1.82, 2.24) is 5.32 Å². The highest BCUT2D eigenvalue weighted by atomic mass is 35.5. The average molecular weight is 366 g/mol. The number of carboxylic acid groups (broad SMARTS) is 2. The highest BCUT2D eigenvalue weighted by Crippen LogP contribution is 2.14. The van der Waals surface area contributed by atoms with Crippen LogP contribution in [0.4, 0.5) is 0 Å². The fraction of sp³-hybridized carbons (Fsp3) is 0.222. The van der Waals surface area contributed by atoms with Gasteiger partial charge in [-0.05, 0) is 42.3 Å². The van der Waals surface area contributed by atoms with E-state index in [4.69, 9.17) is 36.1 Å². The Morgan fingerprint density at radius 3 is 2.16 bits per heavy atom. The van der Waals surface area contributed by atoms with E-state index in [0.717, 1.165) is 35.8 Å². The minimum Gasteiger partial charge on any atom is -0.497 e. The van der Waals surface area contributed by atoms with Gasteiger partial charge in [0.2, 0.25) is 0 Å². The Bertz CT molecular complexity index is 676. The standard InChI is InChI=1S/C16H18ClNO.C2H2O4/c1-19-15-8-6-13(7-9-15)10-11-18-12-14-4-2-3-5-16(14)17;3-1(4)2(5)6/h2-9,18H,10-12H2,1H3;(H,3,4)(H,5,6). The predicted octanol–water partition coefficient (Wildman–Crippen LogP) is 2.84. The van der Waals surface area contributed by atoms with Crippen LogP contribution in [0.15, 0.2) is 48.5 Å². The van der Waals surface area contributed by atoms with Gasteiger partial charge in [-0.25, -0.2) is 9.59 Å². The molecule has 0 amide bonds. The smallest absolute Gasteiger partial charge is 0.414 e. The second-order valence-electron chi connectivity index (χ2n) is 4.98. The van der Waals surface area contributed by atoms with Crippen LogP contribution in [0, 0.1) is 0 Å². The first-order valence-corrected chi connectivity index (χ1v) is 7.85. The van der Waals surface area contributed by atoms with E-state index >= 15 is 0 Å². The Kier molecular flexibility index (Phi) is 9.06. The van der Waals surface area contributed by atoms with Crippen LogP contribution >= 0.6 is 11.6 Å². The van der Waals surface area contributed by atoms with Gasteiger partial charge in [0.15, 0.2) is 0 Å². The molecule has 6 nitrogen and oxygen atoms in total. The second kappa shape index (κ2) is 11.1. The van der Waals surface area contributed by atoms with Crippen LogP contribution in [0.5, 0.6) is 5.75 Å². The van der Waals surface area contributed by atoms with Crippen LogP contribution < -0.4 is 10.1 Å².